The maximum Gasteiger partial charge on any atom is 0.180 e. The largest absolute Gasteiger partial charge is 0.506 e. The van der Waals surface area contributed by atoms with E-state index in [4.69, 9.17) is 4.42 Å². The molecule has 1 aromatic carbocycles. The van der Waals surface area contributed by atoms with Gasteiger partial charge in [-0.3, -0.25) is 4.57 Å². The Bertz CT molecular complexity index is 669. The van der Waals surface area contributed by atoms with E-state index in [1.807, 2.05) is 31.2 Å². The van der Waals surface area contributed by atoms with E-state index in [0.29, 0.717) is 17.3 Å². The fourth-order valence-electron chi connectivity index (χ4n) is 1.92. The minimum atomic E-state index is 0.223. The molecule has 0 aliphatic heterocycles. The van der Waals surface area contributed by atoms with Crippen LogP contribution in [0.15, 0.2) is 53.4 Å². The number of imidazole rings is 1. The number of aromatic nitrogens is 2. The van der Waals surface area contributed by atoms with E-state index in [1.54, 1.807) is 29.3 Å². The maximum atomic E-state index is 10.0. The maximum absolute atomic E-state index is 10.0. The Kier molecular flexibility index (Phi) is 2.41. The fourth-order valence-corrected chi connectivity index (χ4v) is 1.92. The third-order valence-electron chi connectivity index (χ3n) is 2.77. The van der Waals surface area contributed by atoms with E-state index in [-0.39, 0.29) is 5.75 Å². The van der Waals surface area contributed by atoms with Crippen LogP contribution in [0.3, 0.4) is 0 Å². The van der Waals surface area contributed by atoms with Gasteiger partial charge < -0.3 is 9.52 Å². The highest BCUT2D eigenvalue weighted by atomic mass is 16.3. The molecule has 0 radical (unpaired) electrons. The Morgan fingerprint density at radius 3 is 2.89 bits per heavy atom. The Hall–Kier alpha value is -2.49. The summed E-state index contributed by atoms with van der Waals surface area (Å²) in [5, 5.41) is 10.0. The van der Waals surface area contributed by atoms with E-state index in [1.165, 1.54) is 0 Å². The van der Waals surface area contributed by atoms with Gasteiger partial charge >= 0.3 is 0 Å². The second kappa shape index (κ2) is 4.07. The van der Waals surface area contributed by atoms with Crippen LogP contribution >= 0.6 is 0 Å². The van der Waals surface area contributed by atoms with Crippen molar-refractivity contribution in [3.63, 3.8) is 0 Å². The van der Waals surface area contributed by atoms with Gasteiger partial charge in [0, 0.05) is 12.4 Å². The summed E-state index contributed by atoms with van der Waals surface area (Å²) in [5.74, 6) is 1.56. The molecule has 2 aromatic heterocycles. The van der Waals surface area contributed by atoms with Gasteiger partial charge in [-0.25, -0.2) is 4.98 Å². The van der Waals surface area contributed by atoms with Gasteiger partial charge in [-0.05, 0) is 36.8 Å². The first-order valence-corrected chi connectivity index (χ1v) is 5.63. The second-order valence-electron chi connectivity index (χ2n) is 4.09. The SMILES string of the molecule is Cc1ccc(-n2ccnc2-c2ccco2)c(O)c1. The average molecular weight is 240 g/mol. The lowest BCUT2D eigenvalue weighted by molar-refractivity contribution is 0.471. The van der Waals surface area contributed by atoms with Crippen LogP contribution in [-0.4, -0.2) is 14.7 Å². The van der Waals surface area contributed by atoms with Crippen molar-refractivity contribution in [1.29, 1.82) is 0 Å². The molecule has 0 atom stereocenters. The van der Waals surface area contributed by atoms with Gasteiger partial charge in [-0.1, -0.05) is 6.07 Å². The molecule has 0 aliphatic rings. The normalized spacial score (nSPS) is 10.7. The molecule has 18 heavy (non-hydrogen) atoms. The molecule has 90 valence electrons. The number of rotatable bonds is 2. The summed E-state index contributed by atoms with van der Waals surface area (Å²) in [6, 6.07) is 9.18. The van der Waals surface area contributed by atoms with Gasteiger partial charge in [-0.15, -0.1) is 0 Å². The van der Waals surface area contributed by atoms with Gasteiger partial charge in [0.1, 0.15) is 5.75 Å². The van der Waals surface area contributed by atoms with Crippen molar-refractivity contribution in [2.45, 2.75) is 6.92 Å². The summed E-state index contributed by atoms with van der Waals surface area (Å²) < 4.78 is 7.14. The van der Waals surface area contributed by atoms with E-state index in [2.05, 4.69) is 4.98 Å². The van der Waals surface area contributed by atoms with Crippen molar-refractivity contribution < 1.29 is 9.52 Å². The Morgan fingerprint density at radius 2 is 2.17 bits per heavy atom. The van der Waals surface area contributed by atoms with Crippen LogP contribution in [0.25, 0.3) is 17.3 Å². The lowest BCUT2D eigenvalue weighted by Crippen LogP contribution is -1.96. The van der Waals surface area contributed by atoms with Gasteiger partial charge in [-0.2, -0.15) is 0 Å². The van der Waals surface area contributed by atoms with Crippen LogP contribution in [0.2, 0.25) is 0 Å². The topological polar surface area (TPSA) is 51.2 Å². The number of nitrogens with zero attached hydrogens (tertiary/aromatic N) is 2. The molecule has 1 N–H and O–H groups in total. The highest BCUT2D eigenvalue weighted by molar-refractivity contribution is 5.56. The highest BCUT2D eigenvalue weighted by Gasteiger charge is 2.12. The lowest BCUT2D eigenvalue weighted by Gasteiger charge is -2.08. The Balaban J connectivity index is 2.16. The smallest absolute Gasteiger partial charge is 0.180 e. The zero-order chi connectivity index (χ0) is 12.5. The number of phenolic OH excluding ortho intramolecular Hbond substituents is 1. The predicted molar refractivity (Wildman–Crippen MR) is 67.7 cm³/mol. The third kappa shape index (κ3) is 1.68. The van der Waals surface area contributed by atoms with E-state index in [9.17, 15) is 5.11 Å². The van der Waals surface area contributed by atoms with Crippen LogP contribution in [0, 0.1) is 6.92 Å². The molecule has 0 saturated carbocycles. The van der Waals surface area contributed by atoms with Crippen LogP contribution < -0.4 is 0 Å². The minimum absolute atomic E-state index is 0.223. The first kappa shape index (κ1) is 10.7. The molecular formula is C14H12N2O2. The van der Waals surface area contributed by atoms with Crippen molar-refractivity contribution in [3.05, 3.63) is 54.6 Å². The molecule has 3 aromatic rings. The summed E-state index contributed by atoms with van der Waals surface area (Å²) in [7, 11) is 0. The Labute approximate surface area is 104 Å². The number of hydrogen-bond donors (Lipinski definition) is 1. The van der Waals surface area contributed by atoms with Crippen LogP contribution in [0.5, 0.6) is 5.75 Å². The van der Waals surface area contributed by atoms with Crippen molar-refractivity contribution in [3.8, 4) is 23.0 Å². The Morgan fingerprint density at radius 1 is 1.28 bits per heavy atom. The summed E-state index contributed by atoms with van der Waals surface area (Å²) >= 11 is 0. The zero-order valence-electron chi connectivity index (χ0n) is 9.87. The van der Waals surface area contributed by atoms with Gasteiger partial charge in [0.25, 0.3) is 0 Å². The summed E-state index contributed by atoms with van der Waals surface area (Å²) in [6.07, 6.45) is 5.07. The number of phenols is 1. The quantitative estimate of drug-likeness (QED) is 0.748. The van der Waals surface area contributed by atoms with Crippen LogP contribution in [0.4, 0.5) is 0 Å². The molecule has 4 heteroatoms. The molecule has 3 rings (SSSR count). The first-order chi connectivity index (χ1) is 8.75. The van der Waals surface area contributed by atoms with Crippen molar-refractivity contribution in [2.24, 2.45) is 0 Å². The third-order valence-corrected chi connectivity index (χ3v) is 2.77. The second-order valence-corrected chi connectivity index (χ2v) is 4.09. The summed E-state index contributed by atoms with van der Waals surface area (Å²) in [5.41, 5.74) is 1.69. The summed E-state index contributed by atoms with van der Waals surface area (Å²) in [6.45, 7) is 1.94. The molecule has 0 aliphatic carbocycles. The average Bonchev–Trinajstić information content (AvgIpc) is 2.98. The molecule has 0 amide bonds. The van der Waals surface area contributed by atoms with Crippen LogP contribution in [-0.2, 0) is 0 Å². The molecule has 0 saturated heterocycles. The minimum Gasteiger partial charge on any atom is -0.506 e. The number of aromatic hydroxyl groups is 1. The number of furan rings is 1. The highest BCUT2D eigenvalue weighted by Crippen LogP contribution is 2.27. The monoisotopic (exact) mass is 240 g/mol. The molecular weight excluding hydrogens is 228 g/mol. The fraction of sp³-hybridized carbons (Fsp3) is 0.0714. The number of hydrogen-bond acceptors (Lipinski definition) is 3. The van der Waals surface area contributed by atoms with Crippen molar-refractivity contribution in [2.75, 3.05) is 0 Å². The van der Waals surface area contributed by atoms with Crippen molar-refractivity contribution >= 4 is 0 Å². The molecule has 0 bridgehead atoms. The standard InChI is InChI=1S/C14H12N2O2/c1-10-4-5-11(12(17)9-10)16-7-6-15-14(16)13-3-2-8-18-13/h2-9,17H,1H3. The predicted octanol–water partition coefficient (Wildman–Crippen LogP) is 3.15. The van der Waals surface area contributed by atoms with Gasteiger partial charge in [0.15, 0.2) is 11.6 Å². The number of aryl methyl sites for hydroxylation is 1. The zero-order valence-corrected chi connectivity index (χ0v) is 9.87. The van der Waals surface area contributed by atoms with Crippen LogP contribution in [0.1, 0.15) is 5.56 Å². The molecule has 0 unspecified atom stereocenters. The van der Waals surface area contributed by atoms with E-state index in [0.717, 1.165) is 5.56 Å². The molecule has 0 fully saturated rings. The van der Waals surface area contributed by atoms with E-state index < -0.39 is 0 Å². The number of benzene rings is 1. The van der Waals surface area contributed by atoms with E-state index >= 15 is 0 Å². The lowest BCUT2D eigenvalue weighted by atomic mass is 10.2. The van der Waals surface area contributed by atoms with Gasteiger partial charge in [0.05, 0.1) is 12.0 Å². The van der Waals surface area contributed by atoms with Crippen molar-refractivity contribution in [1.82, 2.24) is 9.55 Å². The van der Waals surface area contributed by atoms with Gasteiger partial charge in [0.2, 0.25) is 0 Å². The molecule has 0 spiro atoms. The summed E-state index contributed by atoms with van der Waals surface area (Å²) in [4.78, 5) is 4.26. The molecule has 2 heterocycles. The first-order valence-electron chi connectivity index (χ1n) is 5.63. The molecule has 4 nitrogen and oxygen atoms in total.